The molecule has 108 valence electrons. The van der Waals surface area contributed by atoms with E-state index in [2.05, 4.69) is 56.3 Å². The number of aryl methyl sites for hydroxylation is 3. The molecule has 3 nitrogen and oxygen atoms in total. The first-order valence-corrected chi connectivity index (χ1v) is 7.29. The maximum atomic E-state index is 6.35. The van der Waals surface area contributed by atoms with Gasteiger partial charge in [-0.25, -0.2) is 0 Å². The number of nitrogens with zero attached hydrogens (tertiary/aromatic N) is 2. The van der Waals surface area contributed by atoms with Crippen molar-refractivity contribution in [3.63, 3.8) is 0 Å². The summed E-state index contributed by atoms with van der Waals surface area (Å²) in [6.45, 7) is 9.19. The molecular formula is C16H22ClN3. The van der Waals surface area contributed by atoms with E-state index < -0.39 is 0 Å². The van der Waals surface area contributed by atoms with Crippen LogP contribution < -0.4 is 5.32 Å². The van der Waals surface area contributed by atoms with Gasteiger partial charge in [0.15, 0.2) is 0 Å². The van der Waals surface area contributed by atoms with E-state index in [9.17, 15) is 0 Å². The summed E-state index contributed by atoms with van der Waals surface area (Å²) in [6.07, 6.45) is 0. The van der Waals surface area contributed by atoms with E-state index in [4.69, 9.17) is 11.6 Å². The Labute approximate surface area is 126 Å². The van der Waals surface area contributed by atoms with Crippen LogP contribution in [-0.4, -0.2) is 9.78 Å². The second kappa shape index (κ2) is 5.88. The third kappa shape index (κ3) is 3.15. The first-order chi connectivity index (χ1) is 9.38. The molecule has 1 heterocycles. The van der Waals surface area contributed by atoms with Crippen molar-refractivity contribution < 1.29 is 0 Å². The number of nitrogens with one attached hydrogen (secondary N) is 1. The first-order valence-electron chi connectivity index (χ1n) is 6.92. The van der Waals surface area contributed by atoms with Gasteiger partial charge in [0.2, 0.25) is 0 Å². The van der Waals surface area contributed by atoms with E-state index in [-0.39, 0.29) is 0 Å². The molecule has 0 atom stereocenters. The molecule has 2 aromatic rings. The lowest BCUT2D eigenvalue weighted by atomic mass is 10.1. The number of rotatable bonds is 4. The second-order valence-corrected chi connectivity index (χ2v) is 6.02. The quantitative estimate of drug-likeness (QED) is 0.903. The number of anilines is 1. The van der Waals surface area contributed by atoms with Crippen LogP contribution in [0.3, 0.4) is 0 Å². The van der Waals surface area contributed by atoms with Gasteiger partial charge in [-0.1, -0.05) is 31.5 Å². The molecule has 0 unspecified atom stereocenters. The number of benzene rings is 1. The monoisotopic (exact) mass is 291 g/mol. The molecule has 0 aliphatic rings. The Kier molecular flexibility index (Phi) is 4.39. The zero-order valence-corrected chi connectivity index (χ0v) is 13.5. The lowest BCUT2D eigenvalue weighted by Crippen LogP contribution is -2.03. The molecule has 1 aromatic heterocycles. The van der Waals surface area contributed by atoms with Crippen LogP contribution >= 0.6 is 11.6 Å². The summed E-state index contributed by atoms with van der Waals surface area (Å²) < 4.78 is 1.75. The predicted octanol–water partition coefficient (Wildman–Crippen LogP) is 4.43. The maximum absolute atomic E-state index is 6.35. The summed E-state index contributed by atoms with van der Waals surface area (Å²) >= 11 is 6.35. The fourth-order valence-corrected chi connectivity index (χ4v) is 2.66. The van der Waals surface area contributed by atoms with Crippen molar-refractivity contribution in [2.45, 2.75) is 40.2 Å². The highest BCUT2D eigenvalue weighted by molar-refractivity contribution is 6.30. The zero-order chi connectivity index (χ0) is 14.9. The van der Waals surface area contributed by atoms with Crippen molar-refractivity contribution in [2.75, 3.05) is 5.32 Å². The predicted molar refractivity (Wildman–Crippen MR) is 85.5 cm³/mol. The number of halogens is 1. The first kappa shape index (κ1) is 14.9. The van der Waals surface area contributed by atoms with Crippen LogP contribution in [0.2, 0.25) is 5.15 Å². The maximum Gasteiger partial charge on any atom is 0.131 e. The SMILES string of the molecule is Cc1cc(C)cc(NCc2c(C(C)C)nn(C)c2Cl)c1. The summed E-state index contributed by atoms with van der Waals surface area (Å²) in [4.78, 5) is 0. The second-order valence-electron chi connectivity index (χ2n) is 5.66. The number of aromatic nitrogens is 2. The largest absolute Gasteiger partial charge is 0.381 e. The lowest BCUT2D eigenvalue weighted by Gasteiger charge is -2.10. The fourth-order valence-electron chi connectivity index (χ4n) is 2.46. The third-order valence-corrected chi connectivity index (χ3v) is 3.81. The minimum absolute atomic E-state index is 0.366. The molecule has 1 aromatic carbocycles. The molecule has 0 radical (unpaired) electrons. The average Bonchev–Trinajstić information content (AvgIpc) is 2.62. The van der Waals surface area contributed by atoms with Gasteiger partial charge in [0.25, 0.3) is 0 Å². The molecule has 4 heteroatoms. The Bertz CT molecular complexity index is 594. The molecule has 0 bridgehead atoms. The summed E-state index contributed by atoms with van der Waals surface area (Å²) in [5.74, 6) is 0.366. The average molecular weight is 292 g/mol. The van der Waals surface area contributed by atoms with Gasteiger partial charge in [-0.2, -0.15) is 5.10 Å². The van der Waals surface area contributed by atoms with Crippen molar-refractivity contribution >= 4 is 17.3 Å². The molecule has 0 amide bonds. The highest BCUT2D eigenvalue weighted by Crippen LogP contribution is 2.26. The molecule has 0 saturated carbocycles. The molecule has 0 aliphatic carbocycles. The van der Waals surface area contributed by atoms with Gasteiger partial charge < -0.3 is 5.32 Å². The van der Waals surface area contributed by atoms with Crippen LogP contribution in [0, 0.1) is 13.8 Å². The summed E-state index contributed by atoms with van der Waals surface area (Å²) in [6, 6.07) is 6.46. The molecule has 0 aliphatic heterocycles. The highest BCUT2D eigenvalue weighted by atomic mass is 35.5. The minimum atomic E-state index is 0.366. The van der Waals surface area contributed by atoms with Gasteiger partial charge in [-0.15, -0.1) is 0 Å². The Morgan fingerprint density at radius 2 is 1.80 bits per heavy atom. The van der Waals surface area contributed by atoms with Crippen LogP contribution in [0.5, 0.6) is 0 Å². The standard InChI is InChI=1S/C16H22ClN3/c1-10(2)15-14(16(17)20(5)19-15)9-18-13-7-11(3)6-12(4)8-13/h6-8,10,18H,9H2,1-5H3. The molecule has 2 rings (SSSR count). The molecule has 0 saturated heterocycles. The summed E-state index contributed by atoms with van der Waals surface area (Å²) in [5, 5.41) is 8.67. The normalized spacial score (nSPS) is 11.2. The van der Waals surface area contributed by atoms with Gasteiger partial charge in [0, 0.05) is 24.8 Å². The molecule has 0 spiro atoms. The van der Waals surface area contributed by atoms with Crippen LogP contribution in [0.25, 0.3) is 0 Å². The van der Waals surface area contributed by atoms with Gasteiger partial charge in [-0.3, -0.25) is 4.68 Å². The number of hydrogen-bond donors (Lipinski definition) is 1. The summed E-state index contributed by atoms with van der Waals surface area (Å²) in [5.41, 5.74) is 5.79. The van der Waals surface area contributed by atoms with Crippen molar-refractivity contribution in [3.05, 3.63) is 45.7 Å². The fraction of sp³-hybridized carbons (Fsp3) is 0.438. The van der Waals surface area contributed by atoms with E-state index in [0.29, 0.717) is 17.6 Å². The lowest BCUT2D eigenvalue weighted by molar-refractivity contribution is 0.712. The van der Waals surface area contributed by atoms with Crippen LogP contribution in [-0.2, 0) is 13.6 Å². The van der Waals surface area contributed by atoms with E-state index in [1.165, 1.54) is 11.1 Å². The zero-order valence-electron chi connectivity index (χ0n) is 12.8. The van der Waals surface area contributed by atoms with Crippen LogP contribution in [0.15, 0.2) is 18.2 Å². The van der Waals surface area contributed by atoms with Crippen LogP contribution in [0.4, 0.5) is 5.69 Å². The summed E-state index contributed by atoms with van der Waals surface area (Å²) in [7, 11) is 1.88. The van der Waals surface area contributed by atoms with Gasteiger partial charge >= 0.3 is 0 Å². The Morgan fingerprint density at radius 1 is 1.20 bits per heavy atom. The van der Waals surface area contributed by atoms with E-state index in [0.717, 1.165) is 16.9 Å². The topological polar surface area (TPSA) is 29.9 Å². The van der Waals surface area contributed by atoms with Crippen molar-refractivity contribution in [3.8, 4) is 0 Å². The minimum Gasteiger partial charge on any atom is -0.381 e. The van der Waals surface area contributed by atoms with Crippen molar-refractivity contribution in [1.29, 1.82) is 0 Å². The van der Waals surface area contributed by atoms with Crippen molar-refractivity contribution in [1.82, 2.24) is 9.78 Å². The van der Waals surface area contributed by atoms with Crippen molar-refractivity contribution in [2.24, 2.45) is 7.05 Å². The smallest absolute Gasteiger partial charge is 0.131 e. The number of hydrogen-bond acceptors (Lipinski definition) is 2. The highest BCUT2D eigenvalue weighted by Gasteiger charge is 2.16. The van der Waals surface area contributed by atoms with Gasteiger partial charge in [0.05, 0.1) is 5.69 Å². The molecule has 1 N–H and O–H groups in total. The Hall–Kier alpha value is -1.48. The van der Waals surface area contributed by atoms with E-state index >= 15 is 0 Å². The molecule has 20 heavy (non-hydrogen) atoms. The Morgan fingerprint density at radius 3 is 2.35 bits per heavy atom. The van der Waals surface area contributed by atoms with Crippen LogP contribution in [0.1, 0.15) is 42.1 Å². The van der Waals surface area contributed by atoms with Gasteiger partial charge in [0.1, 0.15) is 5.15 Å². The Balaban J connectivity index is 2.22. The third-order valence-electron chi connectivity index (χ3n) is 3.34. The van der Waals surface area contributed by atoms with Gasteiger partial charge in [-0.05, 0) is 43.0 Å². The van der Waals surface area contributed by atoms with E-state index in [1.54, 1.807) is 4.68 Å². The molecule has 0 fully saturated rings. The molecular weight excluding hydrogens is 270 g/mol. The van der Waals surface area contributed by atoms with E-state index in [1.807, 2.05) is 7.05 Å².